The Hall–Kier alpha value is -0.768. The second-order valence-corrected chi connectivity index (χ2v) is 3.29. The average molecular weight is 238 g/mol. The molecule has 1 heteroatoms. The zero-order valence-electron chi connectivity index (χ0n) is 9.44. The van der Waals surface area contributed by atoms with Gasteiger partial charge in [-0.3, -0.25) is 0 Å². The van der Waals surface area contributed by atoms with Gasteiger partial charge in [0.25, 0.3) is 0 Å². The first kappa shape index (κ1) is 14.2. The van der Waals surface area contributed by atoms with Gasteiger partial charge in [0.1, 0.15) is 0 Å². The van der Waals surface area contributed by atoms with Crippen LogP contribution in [0.5, 0.6) is 0 Å². The van der Waals surface area contributed by atoms with E-state index in [1.807, 2.05) is 0 Å². The van der Waals surface area contributed by atoms with E-state index in [1.165, 1.54) is 11.1 Å². The van der Waals surface area contributed by atoms with E-state index in [0.717, 1.165) is 12.8 Å². The molecular weight excluding hydrogens is 220 g/mol. The predicted octanol–water partition coefficient (Wildman–Crippen LogP) is 3.93. The van der Waals surface area contributed by atoms with Crippen molar-refractivity contribution >= 4 is 0 Å². The van der Waals surface area contributed by atoms with Crippen LogP contribution in [0.2, 0.25) is 0 Å². The van der Waals surface area contributed by atoms with Crippen molar-refractivity contribution in [2.75, 3.05) is 0 Å². The minimum Gasteiger partial charge on any atom is -0.748 e. The fourth-order valence-corrected chi connectivity index (χ4v) is 1.30. The van der Waals surface area contributed by atoms with E-state index in [0.29, 0.717) is 0 Å². The Bertz CT molecular complexity index is 269. The van der Waals surface area contributed by atoms with E-state index in [4.69, 9.17) is 0 Å². The molecule has 0 unspecified atom stereocenters. The Labute approximate surface area is 104 Å². The molecule has 2 aromatic rings. The van der Waals surface area contributed by atoms with Crippen LogP contribution in [-0.4, -0.2) is 0 Å². The molecule has 2 rings (SSSR count). The average Bonchev–Trinajstić information content (AvgIpc) is 2.92. The van der Waals surface area contributed by atoms with Crippen molar-refractivity contribution in [2.45, 2.75) is 26.7 Å². The molecule has 15 heavy (non-hydrogen) atoms. The van der Waals surface area contributed by atoms with Crippen LogP contribution in [0.4, 0.5) is 0 Å². The maximum atomic E-state index is 2.16. The van der Waals surface area contributed by atoms with Crippen molar-refractivity contribution in [3.05, 3.63) is 59.7 Å². The fraction of sp³-hybridized carbons (Fsp3) is 0.286. The summed E-state index contributed by atoms with van der Waals surface area (Å²) in [5.41, 5.74) is 2.86. The van der Waals surface area contributed by atoms with Gasteiger partial charge in [0, 0.05) is 17.4 Å². The maximum absolute atomic E-state index is 2.16. The normalized spacial score (nSPS) is 8.67. The molecule has 0 bridgehead atoms. The first-order chi connectivity index (χ1) is 6.86. The summed E-state index contributed by atoms with van der Waals surface area (Å²) in [5.74, 6) is 0. The van der Waals surface area contributed by atoms with E-state index in [-0.39, 0.29) is 17.4 Å². The molecule has 0 fully saturated rings. The Morgan fingerprint density at radius 3 is 1.73 bits per heavy atom. The van der Waals surface area contributed by atoms with Gasteiger partial charge in [-0.15, -0.1) is 0 Å². The van der Waals surface area contributed by atoms with Crippen LogP contribution in [-0.2, 0) is 30.2 Å². The van der Waals surface area contributed by atoms with E-state index in [1.54, 1.807) is 0 Å². The summed E-state index contributed by atoms with van der Waals surface area (Å²) in [5, 5.41) is 0. The Kier molecular flexibility index (Phi) is 8.10. The first-order valence-electron chi connectivity index (χ1n) is 5.28. The van der Waals surface area contributed by atoms with Gasteiger partial charge in [-0.2, -0.15) is 17.7 Å². The summed E-state index contributed by atoms with van der Waals surface area (Å²) in [7, 11) is 0. The fourth-order valence-electron chi connectivity index (χ4n) is 1.30. The molecule has 0 aliphatic carbocycles. The number of aryl methyl sites for hydroxylation is 2. The van der Waals surface area contributed by atoms with Crippen LogP contribution >= 0.6 is 0 Å². The van der Waals surface area contributed by atoms with E-state index >= 15 is 0 Å². The smallest absolute Gasteiger partial charge is 0 e. The van der Waals surface area contributed by atoms with Crippen molar-refractivity contribution in [1.29, 1.82) is 0 Å². The van der Waals surface area contributed by atoms with Crippen LogP contribution < -0.4 is 0 Å². The van der Waals surface area contributed by atoms with Gasteiger partial charge in [0.15, 0.2) is 0 Å². The third-order valence-electron chi connectivity index (χ3n) is 2.28. The summed E-state index contributed by atoms with van der Waals surface area (Å²) >= 11 is 0. The van der Waals surface area contributed by atoms with E-state index < -0.39 is 0 Å². The van der Waals surface area contributed by atoms with Gasteiger partial charge in [0.05, 0.1) is 0 Å². The van der Waals surface area contributed by atoms with Crippen LogP contribution in [0.1, 0.15) is 25.0 Å². The molecule has 0 heterocycles. The van der Waals surface area contributed by atoms with Crippen molar-refractivity contribution in [1.82, 2.24) is 0 Å². The minimum absolute atomic E-state index is 0. The number of rotatable bonds is 2. The zero-order valence-corrected chi connectivity index (χ0v) is 10.7. The molecule has 0 nitrogen and oxygen atoms in total. The quantitative estimate of drug-likeness (QED) is 0.695. The third kappa shape index (κ3) is 5.62. The Morgan fingerprint density at radius 1 is 0.933 bits per heavy atom. The van der Waals surface area contributed by atoms with Gasteiger partial charge < -0.3 is 29.8 Å². The molecule has 0 amide bonds. The molecule has 0 spiro atoms. The predicted molar refractivity (Wildman–Crippen MR) is 62.8 cm³/mol. The van der Waals surface area contributed by atoms with Crippen LogP contribution in [0.25, 0.3) is 0 Å². The van der Waals surface area contributed by atoms with Crippen molar-refractivity contribution in [3.63, 3.8) is 0 Å². The van der Waals surface area contributed by atoms with Crippen LogP contribution in [0.15, 0.2) is 48.5 Å². The molecule has 0 N–H and O–H groups in total. The van der Waals surface area contributed by atoms with E-state index in [9.17, 15) is 0 Å². The van der Waals surface area contributed by atoms with Crippen LogP contribution in [0.3, 0.4) is 0 Å². The zero-order chi connectivity index (χ0) is 10.2. The molecule has 0 aliphatic rings. The van der Waals surface area contributed by atoms with Crippen molar-refractivity contribution < 1.29 is 17.4 Å². The Morgan fingerprint density at radius 2 is 1.47 bits per heavy atom. The molecule has 0 aliphatic heterocycles. The Balaban J connectivity index is 0.000000245. The topological polar surface area (TPSA) is 0 Å². The summed E-state index contributed by atoms with van der Waals surface area (Å²) in [6, 6.07) is 16.8. The van der Waals surface area contributed by atoms with Gasteiger partial charge in [-0.1, -0.05) is 20.3 Å². The van der Waals surface area contributed by atoms with Crippen molar-refractivity contribution in [2.24, 2.45) is 0 Å². The molecular formula is C14H18Cr-6. The molecule has 2 aromatic carbocycles. The summed E-state index contributed by atoms with van der Waals surface area (Å²) < 4.78 is 0. The maximum Gasteiger partial charge on any atom is 0 e. The van der Waals surface area contributed by atoms with Gasteiger partial charge >= 0.3 is 0 Å². The minimum atomic E-state index is 0. The molecule has 0 atom stereocenters. The SMILES string of the molecule is CC[c-]1[cH-][cH-][cH-][cH-]1.CC[c-]1cccc1.[Cr]. The number of hydrogen-bond acceptors (Lipinski definition) is 0. The second-order valence-electron chi connectivity index (χ2n) is 3.29. The van der Waals surface area contributed by atoms with Crippen LogP contribution in [0, 0.1) is 0 Å². The van der Waals surface area contributed by atoms with Crippen molar-refractivity contribution in [3.8, 4) is 0 Å². The second kappa shape index (κ2) is 8.53. The molecule has 86 valence electrons. The third-order valence-corrected chi connectivity index (χ3v) is 2.28. The van der Waals surface area contributed by atoms with E-state index in [2.05, 4.69) is 62.4 Å². The van der Waals surface area contributed by atoms with Gasteiger partial charge in [0.2, 0.25) is 0 Å². The molecule has 0 aromatic heterocycles. The molecule has 0 saturated heterocycles. The summed E-state index contributed by atoms with van der Waals surface area (Å²) in [4.78, 5) is 0. The summed E-state index contributed by atoms with van der Waals surface area (Å²) in [6.45, 7) is 4.32. The standard InChI is InChI=1S/2C7H9.Cr/c2*1-2-7-5-3-4-6-7;/h2*3-6H,2H2,1H3;/q-5;-1;. The summed E-state index contributed by atoms with van der Waals surface area (Å²) in [6.07, 6.45) is 2.32. The van der Waals surface area contributed by atoms with Gasteiger partial charge in [-0.05, 0) is 0 Å². The monoisotopic (exact) mass is 238 g/mol. The van der Waals surface area contributed by atoms with Gasteiger partial charge in [-0.25, -0.2) is 18.6 Å². The largest absolute Gasteiger partial charge is 0.748 e. The molecule has 0 radical (unpaired) electrons. The molecule has 0 saturated carbocycles. The number of hydrogen-bond donors (Lipinski definition) is 0. The first-order valence-corrected chi connectivity index (χ1v) is 5.28.